The molecule has 0 amide bonds. The third kappa shape index (κ3) is 1.96. The molecule has 1 aliphatic heterocycles. The lowest BCUT2D eigenvalue weighted by Gasteiger charge is -2.27. The Balaban J connectivity index is 1.99. The number of hydrogen-bond acceptors (Lipinski definition) is 4. The molecule has 0 aliphatic carbocycles. The van der Waals surface area contributed by atoms with Gasteiger partial charge in [0.1, 0.15) is 0 Å². The molecule has 0 bridgehead atoms. The van der Waals surface area contributed by atoms with Crippen molar-refractivity contribution in [3.63, 3.8) is 0 Å². The number of nitrogens with zero attached hydrogens (tertiary/aromatic N) is 1. The van der Waals surface area contributed by atoms with Gasteiger partial charge in [0.05, 0.1) is 17.6 Å². The van der Waals surface area contributed by atoms with Crippen molar-refractivity contribution >= 4 is 11.4 Å². The monoisotopic (exact) mass is 193 g/mol. The maximum absolute atomic E-state index is 5.05. The van der Waals surface area contributed by atoms with Crippen molar-refractivity contribution < 1.29 is 4.74 Å². The van der Waals surface area contributed by atoms with E-state index in [-0.39, 0.29) is 0 Å². The number of methoxy groups -OCH3 is 1. The van der Waals surface area contributed by atoms with E-state index in [9.17, 15) is 0 Å². The van der Waals surface area contributed by atoms with E-state index in [0.29, 0.717) is 6.04 Å². The van der Waals surface area contributed by atoms with Gasteiger partial charge < -0.3 is 15.4 Å². The zero-order valence-electron chi connectivity index (χ0n) is 8.29. The van der Waals surface area contributed by atoms with Crippen LogP contribution >= 0.6 is 0 Å². The summed E-state index contributed by atoms with van der Waals surface area (Å²) in [7, 11) is 1.73. The Morgan fingerprint density at radius 1 is 1.57 bits per heavy atom. The highest BCUT2D eigenvalue weighted by Crippen LogP contribution is 2.24. The molecule has 0 saturated heterocycles. The number of nitrogens with one attached hydrogen (secondary N) is 2. The van der Waals surface area contributed by atoms with Crippen LogP contribution < -0.4 is 10.6 Å². The summed E-state index contributed by atoms with van der Waals surface area (Å²) >= 11 is 0. The van der Waals surface area contributed by atoms with Gasteiger partial charge in [0.2, 0.25) is 0 Å². The summed E-state index contributed by atoms with van der Waals surface area (Å²) in [5.74, 6) is 0. The molecule has 0 saturated carbocycles. The smallest absolute Gasteiger partial charge is 0.0763 e. The Bertz CT molecular complexity index is 303. The molecule has 0 fully saturated rings. The number of anilines is 2. The number of hydrogen-bond donors (Lipinski definition) is 2. The Hall–Kier alpha value is -1.29. The lowest BCUT2D eigenvalue weighted by molar-refractivity contribution is 0.190. The maximum atomic E-state index is 5.05. The summed E-state index contributed by atoms with van der Waals surface area (Å²) in [5, 5.41) is 6.79. The number of fused-ring (bicyclic) bond motifs is 1. The average Bonchev–Trinajstić information content (AvgIpc) is 2.26. The molecular formula is C10H15N3O. The predicted molar refractivity (Wildman–Crippen MR) is 56.6 cm³/mol. The Labute approximate surface area is 83.7 Å². The first-order valence-corrected chi connectivity index (χ1v) is 4.83. The first kappa shape index (κ1) is 9.27. The SMILES string of the molecule is COCCC1CNc2cnccc2N1. The van der Waals surface area contributed by atoms with Crippen molar-refractivity contribution in [1.82, 2.24) is 4.98 Å². The molecule has 2 N–H and O–H groups in total. The van der Waals surface area contributed by atoms with E-state index in [4.69, 9.17) is 4.74 Å². The fraction of sp³-hybridized carbons (Fsp3) is 0.500. The zero-order chi connectivity index (χ0) is 9.80. The summed E-state index contributed by atoms with van der Waals surface area (Å²) in [5.41, 5.74) is 2.22. The topological polar surface area (TPSA) is 46.2 Å². The fourth-order valence-electron chi connectivity index (χ4n) is 1.60. The minimum Gasteiger partial charge on any atom is -0.385 e. The van der Waals surface area contributed by atoms with E-state index < -0.39 is 0 Å². The first-order valence-electron chi connectivity index (χ1n) is 4.83. The van der Waals surface area contributed by atoms with E-state index in [2.05, 4.69) is 15.6 Å². The standard InChI is InChI=1S/C10H15N3O/c1-14-5-3-8-6-12-10-7-11-4-2-9(10)13-8/h2,4,7-8,12-13H,3,5-6H2,1H3. The number of pyridine rings is 1. The highest BCUT2D eigenvalue weighted by atomic mass is 16.5. The second kappa shape index (κ2) is 4.28. The second-order valence-corrected chi connectivity index (χ2v) is 3.42. The molecule has 1 aromatic rings. The van der Waals surface area contributed by atoms with Crippen LogP contribution in [-0.4, -0.2) is 31.3 Å². The summed E-state index contributed by atoms with van der Waals surface area (Å²) in [4.78, 5) is 4.06. The predicted octanol–water partition coefficient (Wildman–Crippen LogP) is 1.32. The molecule has 0 aromatic carbocycles. The summed E-state index contributed by atoms with van der Waals surface area (Å²) in [6.45, 7) is 1.72. The normalized spacial score (nSPS) is 19.4. The van der Waals surface area contributed by atoms with E-state index >= 15 is 0 Å². The largest absolute Gasteiger partial charge is 0.385 e. The average molecular weight is 193 g/mol. The van der Waals surface area contributed by atoms with Crippen LogP contribution in [0.15, 0.2) is 18.5 Å². The molecule has 2 heterocycles. The molecular weight excluding hydrogens is 178 g/mol. The highest BCUT2D eigenvalue weighted by Gasteiger charge is 2.15. The fourth-order valence-corrected chi connectivity index (χ4v) is 1.60. The molecule has 2 rings (SSSR count). The van der Waals surface area contributed by atoms with Crippen LogP contribution in [0.4, 0.5) is 11.4 Å². The first-order chi connectivity index (χ1) is 6.90. The highest BCUT2D eigenvalue weighted by molar-refractivity contribution is 5.69. The lowest BCUT2D eigenvalue weighted by Crippen LogP contribution is -2.33. The maximum Gasteiger partial charge on any atom is 0.0763 e. The quantitative estimate of drug-likeness (QED) is 0.760. The van der Waals surface area contributed by atoms with Gasteiger partial charge in [-0.05, 0) is 12.5 Å². The van der Waals surface area contributed by atoms with E-state index in [1.807, 2.05) is 12.3 Å². The molecule has 76 valence electrons. The minimum atomic E-state index is 0.449. The third-order valence-electron chi connectivity index (χ3n) is 2.39. The second-order valence-electron chi connectivity index (χ2n) is 3.42. The zero-order valence-corrected chi connectivity index (χ0v) is 8.29. The van der Waals surface area contributed by atoms with Crippen LogP contribution in [-0.2, 0) is 4.74 Å². The van der Waals surface area contributed by atoms with Crippen LogP contribution in [0.25, 0.3) is 0 Å². The number of rotatable bonds is 3. The molecule has 1 unspecified atom stereocenters. The van der Waals surface area contributed by atoms with E-state index in [1.54, 1.807) is 13.3 Å². The van der Waals surface area contributed by atoms with Gasteiger partial charge in [0.25, 0.3) is 0 Å². The molecule has 14 heavy (non-hydrogen) atoms. The number of aromatic nitrogens is 1. The Morgan fingerprint density at radius 2 is 2.50 bits per heavy atom. The van der Waals surface area contributed by atoms with Gasteiger partial charge in [-0.25, -0.2) is 0 Å². The molecule has 0 radical (unpaired) electrons. The van der Waals surface area contributed by atoms with Gasteiger partial charge in [-0.3, -0.25) is 4.98 Å². The molecule has 1 atom stereocenters. The Kier molecular flexibility index (Phi) is 2.84. The Morgan fingerprint density at radius 3 is 3.36 bits per heavy atom. The number of ether oxygens (including phenoxy) is 1. The van der Waals surface area contributed by atoms with Crippen molar-refractivity contribution in [2.24, 2.45) is 0 Å². The van der Waals surface area contributed by atoms with E-state index in [1.165, 1.54) is 0 Å². The molecule has 1 aliphatic rings. The molecule has 4 heteroatoms. The summed E-state index contributed by atoms with van der Waals surface area (Å²) < 4.78 is 5.05. The van der Waals surface area contributed by atoms with Crippen LogP contribution in [0, 0.1) is 0 Å². The molecule has 1 aromatic heterocycles. The van der Waals surface area contributed by atoms with Gasteiger partial charge >= 0.3 is 0 Å². The van der Waals surface area contributed by atoms with Crippen molar-refractivity contribution in [2.75, 3.05) is 30.9 Å². The summed E-state index contributed by atoms with van der Waals surface area (Å²) in [6.07, 6.45) is 4.66. The van der Waals surface area contributed by atoms with Gasteiger partial charge in [0.15, 0.2) is 0 Å². The lowest BCUT2D eigenvalue weighted by atomic mass is 10.1. The molecule has 0 spiro atoms. The van der Waals surface area contributed by atoms with Crippen LogP contribution in [0.5, 0.6) is 0 Å². The summed E-state index contributed by atoms with van der Waals surface area (Å²) in [6, 6.07) is 2.44. The van der Waals surface area contributed by atoms with Crippen molar-refractivity contribution in [3.05, 3.63) is 18.5 Å². The van der Waals surface area contributed by atoms with Gasteiger partial charge in [-0.1, -0.05) is 0 Å². The van der Waals surface area contributed by atoms with Crippen molar-refractivity contribution in [2.45, 2.75) is 12.5 Å². The van der Waals surface area contributed by atoms with Gasteiger partial charge in [0, 0.05) is 32.5 Å². The molecule has 4 nitrogen and oxygen atoms in total. The van der Waals surface area contributed by atoms with Crippen molar-refractivity contribution in [1.29, 1.82) is 0 Å². The van der Waals surface area contributed by atoms with Crippen molar-refractivity contribution in [3.8, 4) is 0 Å². The van der Waals surface area contributed by atoms with E-state index in [0.717, 1.165) is 30.9 Å². The van der Waals surface area contributed by atoms with Gasteiger partial charge in [-0.15, -0.1) is 0 Å². The third-order valence-corrected chi connectivity index (χ3v) is 2.39. The van der Waals surface area contributed by atoms with Crippen LogP contribution in [0.3, 0.4) is 0 Å². The van der Waals surface area contributed by atoms with Crippen LogP contribution in [0.1, 0.15) is 6.42 Å². The minimum absolute atomic E-state index is 0.449. The van der Waals surface area contributed by atoms with Crippen LogP contribution in [0.2, 0.25) is 0 Å². The van der Waals surface area contributed by atoms with Gasteiger partial charge in [-0.2, -0.15) is 0 Å².